The first-order valence-electron chi connectivity index (χ1n) is 8.52. The van der Waals surface area contributed by atoms with E-state index >= 15 is 0 Å². The summed E-state index contributed by atoms with van der Waals surface area (Å²) < 4.78 is 25.5. The van der Waals surface area contributed by atoms with Crippen LogP contribution in [-0.4, -0.2) is 38.7 Å². The average molecular weight is 389 g/mol. The van der Waals surface area contributed by atoms with E-state index in [0.717, 1.165) is 18.4 Å². The summed E-state index contributed by atoms with van der Waals surface area (Å²) in [5.41, 5.74) is 1.58. The van der Waals surface area contributed by atoms with Crippen molar-refractivity contribution in [2.75, 3.05) is 13.6 Å². The summed E-state index contributed by atoms with van der Waals surface area (Å²) >= 11 is 0. The Bertz CT molecular complexity index is 713. The zero-order valence-electron chi connectivity index (χ0n) is 15.4. The van der Waals surface area contributed by atoms with Crippen LogP contribution < -0.4 is 10.6 Å². The van der Waals surface area contributed by atoms with Gasteiger partial charge in [0.15, 0.2) is 14.6 Å². The molecule has 0 radical (unpaired) electrons. The first-order chi connectivity index (χ1) is 11.2. The number of benzene rings is 1. The molecule has 1 aliphatic rings. The lowest BCUT2D eigenvalue weighted by molar-refractivity contribution is -0.123. The predicted octanol–water partition coefficient (Wildman–Crippen LogP) is 2.54. The number of hydrogen-bond acceptors (Lipinski definition) is 4. The zero-order valence-corrected chi connectivity index (χ0v) is 17.0. The third-order valence-electron chi connectivity index (χ3n) is 5.03. The maximum Gasteiger partial charge on any atom is 0.241 e. The van der Waals surface area contributed by atoms with E-state index in [4.69, 9.17) is 0 Å². The molecular formula is C18H29ClN2O3S. The van der Waals surface area contributed by atoms with E-state index in [1.165, 1.54) is 0 Å². The van der Waals surface area contributed by atoms with Crippen LogP contribution in [0.1, 0.15) is 43.7 Å². The fourth-order valence-corrected chi connectivity index (χ4v) is 5.68. The van der Waals surface area contributed by atoms with Crippen LogP contribution >= 0.6 is 12.4 Å². The highest BCUT2D eigenvalue weighted by Gasteiger charge is 2.53. The second-order valence-corrected chi connectivity index (χ2v) is 9.10. The van der Waals surface area contributed by atoms with Crippen LogP contribution in [0.5, 0.6) is 0 Å². The molecule has 25 heavy (non-hydrogen) atoms. The third-order valence-corrected chi connectivity index (χ3v) is 7.68. The van der Waals surface area contributed by atoms with Gasteiger partial charge in [-0.05, 0) is 57.9 Å². The van der Waals surface area contributed by atoms with Crippen molar-refractivity contribution in [3.63, 3.8) is 0 Å². The minimum Gasteiger partial charge on any atom is -0.353 e. The SMILES string of the molecule is CNC(C)CNC(=O)C1(S(=O)(=O)c2cc(C)ccc2C)CCCC1.Cl. The number of sulfone groups is 1. The van der Waals surface area contributed by atoms with Gasteiger partial charge in [0.2, 0.25) is 5.91 Å². The van der Waals surface area contributed by atoms with E-state index < -0.39 is 14.6 Å². The molecule has 1 amide bonds. The molecule has 0 heterocycles. The van der Waals surface area contributed by atoms with E-state index in [9.17, 15) is 13.2 Å². The van der Waals surface area contributed by atoms with Crippen molar-refractivity contribution < 1.29 is 13.2 Å². The standard InChI is InChI=1S/C18H28N2O3S.ClH/c1-13-7-8-14(2)16(11-13)24(22,23)18(9-5-6-10-18)17(21)20-12-15(3)19-4;/h7-8,11,15,19H,5-6,9-10,12H2,1-4H3,(H,20,21);1H. The molecular weight excluding hydrogens is 360 g/mol. The highest BCUT2D eigenvalue weighted by molar-refractivity contribution is 7.93. The second kappa shape index (κ2) is 8.52. The van der Waals surface area contributed by atoms with Crippen molar-refractivity contribution in [3.05, 3.63) is 29.3 Å². The number of nitrogens with one attached hydrogen (secondary N) is 2. The summed E-state index contributed by atoms with van der Waals surface area (Å²) in [5.74, 6) is -0.358. The van der Waals surface area contributed by atoms with Crippen LogP contribution in [0.2, 0.25) is 0 Å². The van der Waals surface area contributed by atoms with Gasteiger partial charge >= 0.3 is 0 Å². The molecule has 2 rings (SSSR count). The van der Waals surface area contributed by atoms with E-state index in [0.29, 0.717) is 29.8 Å². The van der Waals surface area contributed by atoms with Gasteiger partial charge in [-0.1, -0.05) is 25.0 Å². The molecule has 142 valence electrons. The first kappa shape index (κ1) is 21.9. The molecule has 1 saturated carbocycles. The molecule has 0 aliphatic heterocycles. The van der Waals surface area contributed by atoms with E-state index in [1.807, 2.05) is 33.0 Å². The molecule has 5 nitrogen and oxygen atoms in total. The number of aryl methyl sites for hydroxylation is 2. The molecule has 2 N–H and O–H groups in total. The van der Waals surface area contributed by atoms with Crippen molar-refractivity contribution in [1.82, 2.24) is 10.6 Å². The van der Waals surface area contributed by atoms with Gasteiger partial charge in [0.1, 0.15) is 0 Å². The van der Waals surface area contributed by atoms with E-state index in [2.05, 4.69) is 10.6 Å². The van der Waals surface area contributed by atoms with Gasteiger partial charge in [-0.15, -0.1) is 12.4 Å². The molecule has 1 fully saturated rings. The Kier molecular flexibility index (Phi) is 7.47. The molecule has 0 spiro atoms. The summed E-state index contributed by atoms with van der Waals surface area (Å²) in [6, 6.07) is 5.49. The Morgan fingerprint density at radius 1 is 1.24 bits per heavy atom. The monoisotopic (exact) mass is 388 g/mol. The number of rotatable bonds is 6. The van der Waals surface area contributed by atoms with Gasteiger partial charge < -0.3 is 10.6 Å². The maximum absolute atomic E-state index is 13.4. The maximum atomic E-state index is 13.4. The number of carbonyl (C=O) groups excluding carboxylic acids is 1. The second-order valence-electron chi connectivity index (χ2n) is 6.87. The predicted molar refractivity (Wildman–Crippen MR) is 103 cm³/mol. The number of carbonyl (C=O) groups is 1. The summed E-state index contributed by atoms with van der Waals surface area (Å²) in [6.07, 6.45) is 2.31. The highest BCUT2D eigenvalue weighted by atomic mass is 35.5. The molecule has 0 saturated heterocycles. The van der Waals surface area contributed by atoms with Gasteiger partial charge in [-0.2, -0.15) is 0 Å². The van der Waals surface area contributed by atoms with E-state index in [-0.39, 0.29) is 24.4 Å². The van der Waals surface area contributed by atoms with Gasteiger partial charge in [0, 0.05) is 12.6 Å². The molecule has 1 aliphatic carbocycles. The molecule has 1 atom stereocenters. The minimum atomic E-state index is -3.74. The molecule has 7 heteroatoms. The molecule has 0 bridgehead atoms. The summed E-state index contributed by atoms with van der Waals surface area (Å²) in [6.45, 7) is 6.02. The topological polar surface area (TPSA) is 75.3 Å². The van der Waals surface area contributed by atoms with Crippen molar-refractivity contribution in [2.24, 2.45) is 0 Å². The van der Waals surface area contributed by atoms with Gasteiger partial charge in [-0.3, -0.25) is 4.79 Å². The molecule has 1 aromatic rings. The first-order valence-corrected chi connectivity index (χ1v) is 10.0. The van der Waals surface area contributed by atoms with Crippen molar-refractivity contribution in [3.8, 4) is 0 Å². The smallest absolute Gasteiger partial charge is 0.241 e. The van der Waals surface area contributed by atoms with Crippen LogP contribution in [-0.2, 0) is 14.6 Å². The van der Waals surface area contributed by atoms with Gasteiger partial charge in [0.05, 0.1) is 4.90 Å². The summed E-state index contributed by atoms with van der Waals surface area (Å²) in [4.78, 5) is 13.2. The largest absolute Gasteiger partial charge is 0.353 e. The van der Waals surface area contributed by atoms with Crippen LogP contribution in [0, 0.1) is 13.8 Å². The van der Waals surface area contributed by atoms with Gasteiger partial charge in [-0.25, -0.2) is 8.42 Å². The number of halogens is 1. The van der Waals surface area contributed by atoms with Gasteiger partial charge in [0.25, 0.3) is 0 Å². The van der Waals surface area contributed by atoms with Crippen LogP contribution in [0.25, 0.3) is 0 Å². The Hall–Kier alpha value is -1.11. The zero-order chi connectivity index (χ0) is 18.0. The Balaban J connectivity index is 0.00000312. The van der Waals surface area contributed by atoms with Crippen molar-refractivity contribution in [1.29, 1.82) is 0 Å². The number of likely N-dealkylation sites (N-methyl/N-ethyl adjacent to an activating group) is 1. The number of amides is 1. The third kappa shape index (κ3) is 4.18. The molecule has 1 aromatic carbocycles. The number of hydrogen-bond donors (Lipinski definition) is 2. The summed E-state index contributed by atoms with van der Waals surface area (Å²) in [5, 5.41) is 5.89. The Labute approximate surface area is 157 Å². The van der Waals surface area contributed by atoms with Crippen LogP contribution in [0.3, 0.4) is 0 Å². The molecule has 1 unspecified atom stereocenters. The van der Waals surface area contributed by atoms with Crippen molar-refractivity contribution in [2.45, 2.75) is 62.1 Å². The lowest BCUT2D eigenvalue weighted by Crippen LogP contribution is -2.52. The Morgan fingerprint density at radius 3 is 2.40 bits per heavy atom. The molecule has 0 aromatic heterocycles. The lowest BCUT2D eigenvalue weighted by atomic mass is 10.1. The average Bonchev–Trinajstić information content (AvgIpc) is 3.05. The lowest BCUT2D eigenvalue weighted by Gasteiger charge is -2.29. The minimum absolute atomic E-state index is 0. The quantitative estimate of drug-likeness (QED) is 0.785. The highest BCUT2D eigenvalue weighted by Crippen LogP contribution is 2.41. The summed E-state index contributed by atoms with van der Waals surface area (Å²) in [7, 11) is -1.93. The fourth-order valence-electron chi connectivity index (χ4n) is 3.28. The van der Waals surface area contributed by atoms with E-state index in [1.54, 1.807) is 13.0 Å². The van der Waals surface area contributed by atoms with Crippen LogP contribution in [0.4, 0.5) is 0 Å². The fraction of sp³-hybridized carbons (Fsp3) is 0.611. The normalized spacial score (nSPS) is 17.6. The van der Waals surface area contributed by atoms with Crippen LogP contribution in [0.15, 0.2) is 23.1 Å². The Morgan fingerprint density at radius 2 is 1.84 bits per heavy atom. The van der Waals surface area contributed by atoms with Crippen molar-refractivity contribution >= 4 is 28.2 Å².